The number of rotatable bonds is 35. The summed E-state index contributed by atoms with van der Waals surface area (Å²) in [4.78, 5) is 40.7. The van der Waals surface area contributed by atoms with Gasteiger partial charge in [0.05, 0.1) is 30.4 Å². The maximum atomic E-state index is 13.6. The lowest BCUT2D eigenvalue weighted by atomic mass is 9.99. The van der Waals surface area contributed by atoms with Crippen molar-refractivity contribution in [3.63, 3.8) is 0 Å². The first-order chi connectivity index (χ1) is 30.7. The zero-order valence-electron chi connectivity index (χ0n) is 38.4. The van der Waals surface area contributed by atoms with Crippen molar-refractivity contribution in [1.29, 1.82) is 0 Å². The van der Waals surface area contributed by atoms with E-state index in [2.05, 4.69) is 12.2 Å². The van der Waals surface area contributed by atoms with Gasteiger partial charge >= 0.3 is 11.9 Å². The van der Waals surface area contributed by atoms with Crippen LogP contribution in [0.25, 0.3) is 0 Å². The average molecular weight is 884 g/mol. The molecule has 0 aliphatic carbocycles. The van der Waals surface area contributed by atoms with Crippen molar-refractivity contribution in [3.8, 4) is 0 Å². The molecule has 0 spiro atoms. The number of hydrogen-bond acceptors (Lipinski definition) is 11. The third-order valence-electron chi connectivity index (χ3n) is 12.0. The van der Waals surface area contributed by atoms with Gasteiger partial charge in [0.15, 0.2) is 12.4 Å². The van der Waals surface area contributed by atoms with Crippen molar-refractivity contribution in [3.05, 3.63) is 71.8 Å². The van der Waals surface area contributed by atoms with Crippen LogP contribution < -0.4 is 5.32 Å². The topological polar surface area (TPSA) is 181 Å². The number of nitrogens with one attached hydrogen (secondary N) is 1. The van der Waals surface area contributed by atoms with Gasteiger partial charge in [-0.25, -0.2) is 9.59 Å². The summed E-state index contributed by atoms with van der Waals surface area (Å²) in [6.07, 6.45) is 17.4. The number of benzene rings is 2. The third kappa shape index (κ3) is 21.4. The molecule has 1 saturated heterocycles. The Bertz CT molecular complexity index is 1480. The second-order valence-electron chi connectivity index (χ2n) is 17.4. The molecule has 356 valence electrons. The van der Waals surface area contributed by atoms with Gasteiger partial charge in [-0.3, -0.25) is 4.79 Å². The summed E-state index contributed by atoms with van der Waals surface area (Å²) < 4.78 is 23.6. The van der Waals surface area contributed by atoms with E-state index < -0.39 is 74.1 Å². The van der Waals surface area contributed by atoms with Gasteiger partial charge < -0.3 is 44.7 Å². The van der Waals surface area contributed by atoms with Crippen LogP contribution in [0.2, 0.25) is 0 Å². The molecule has 0 aromatic heterocycles. The summed E-state index contributed by atoms with van der Waals surface area (Å²) in [5.41, 5.74) is 0.534. The fourth-order valence-corrected chi connectivity index (χ4v) is 8.16. The van der Waals surface area contributed by atoms with Crippen molar-refractivity contribution >= 4 is 17.8 Å². The predicted octanol–water partition coefficient (Wildman–Crippen LogP) is 9.14. The highest BCUT2D eigenvalue weighted by Gasteiger charge is 2.45. The molecule has 2 aromatic carbocycles. The second-order valence-corrected chi connectivity index (χ2v) is 17.4. The predicted molar refractivity (Wildman–Crippen MR) is 245 cm³/mol. The van der Waals surface area contributed by atoms with Gasteiger partial charge in [0.25, 0.3) is 0 Å². The normalized spacial score (nSPS) is 20.1. The molecule has 12 heteroatoms. The van der Waals surface area contributed by atoms with Crippen molar-refractivity contribution in [2.75, 3.05) is 13.2 Å². The number of aliphatic hydroxyl groups excluding tert-OH is 4. The summed E-state index contributed by atoms with van der Waals surface area (Å²) >= 11 is 0. The molecule has 1 amide bonds. The molecule has 2 aromatic rings. The van der Waals surface area contributed by atoms with Gasteiger partial charge in [-0.2, -0.15) is 0 Å². The number of aliphatic hydroxyl groups is 4. The van der Waals surface area contributed by atoms with Crippen molar-refractivity contribution in [2.24, 2.45) is 0 Å². The van der Waals surface area contributed by atoms with E-state index in [1.54, 1.807) is 60.7 Å². The molecule has 1 aliphatic heterocycles. The Morgan fingerprint density at radius 1 is 0.587 bits per heavy atom. The molecule has 5 N–H and O–H groups in total. The van der Waals surface area contributed by atoms with E-state index in [-0.39, 0.29) is 24.3 Å². The average Bonchev–Trinajstić information content (AvgIpc) is 3.30. The van der Waals surface area contributed by atoms with Crippen molar-refractivity contribution < 1.29 is 53.8 Å². The molecule has 0 bridgehead atoms. The number of ether oxygens (including phenoxy) is 4. The SMILES string of the molecule is CCCCCCCCCCCCCCCCCCCCCCCC(=O)N[C@@H](CO[C@H]1O[C@H](CO)[C@H](O)[C@H](O)[C@H]1O)[C@H](OC(=O)c1ccccc1)[C@@H](CCC)OC(=O)c1ccccc1. The van der Waals surface area contributed by atoms with Gasteiger partial charge in [0.1, 0.15) is 30.5 Å². The fourth-order valence-electron chi connectivity index (χ4n) is 8.16. The quantitative estimate of drug-likeness (QED) is 0.0329. The van der Waals surface area contributed by atoms with Crippen LogP contribution in [-0.4, -0.2) is 100 Å². The number of carbonyl (C=O) groups is 3. The van der Waals surface area contributed by atoms with Gasteiger partial charge in [0, 0.05) is 6.42 Å². The standard InChI is InChI=1S/C51H81NO11/c1-3-5-6-7-8-9-10-11-12-13-14-15-16-17-18-19-20-21-22-23-30-36-44(54)52-41(38-60-51-47(57)46(56)45(55)43(37-53)62-51)48(63-50(59)40-34-28-25-29-35-40)42(31-4-2)61-49(58)39-32-26-24-27-33-39/h24-29,32-35,41-43,45-48,51,53,55-57H,3-23,30-31,36-38H2,1-2H3,(H,52,54)/t41-,42+,43+,45-,46-,47+,48-,51-/m0/s1. The zero-order chi connectivity index (χ0) is 45.5. The number of esters is 2. The molecule has 0 radical (unpaired) electrons. The Hall–Kier alpha value is -3.39. The van der Waals surface area contributed by atoms with E-state index in [9.17, 15) is 34.8 Å². The Morgan fingerprint density at radius 3 is 1.48 bits per heavy atom. The third-order valence-corrected chi connectivity index (χ3v) is 12.0. The largest absolute Gasteiger partial charge is 0.455 e. The minimum atomic E-state index is -1.70. The molecule has 1 heterocycles. The molecule has 12 nitrogen and oxygen atoms in total. The van der Waals surface area contributed by atoms with Gasteiger partial charge in [-0.15, -0.1) is 0 Å². The Balaban J connectivity index is 1.53. The van der Waals surface area contributed by atoms with Crippen molar-refractivity contribution in [1.82, 2.24) is 5.32 Å². The first kappa shape index (κ1) is 53.9. The molecule has 1 fully saturated rings. The van der Waals surface area contributed by atoms with Crippen LogP contribution in [0, 0.1) is 0 Å². The Morgan fingerprint density at radius 2 is 1.03 bits per heavy atom. The van der Waals surface area contributed by atoms with Crippen molar-refractivity contribution in [2.45, 2.75) is 217 Å². The molecular weight excluding hydrogens is 803 g/mol. The maximum Gasteiger partial charge on any atom is 0.338 e. The molecule has 63 heavy (non-hydrogen) atoms. The second kappa shape index (κ2) is 33.1. The van der Waals surface area contributed by atoms with Crippen LogP contribution in [0.3, 0.4) is 0 Å². The molecular formula is C51H81NO11. The molecule has 3 rings (SSSR count). The summed E-state index contributed by atoms with van der Waals surface area (Å²) in [7, 11) is 0. The number of hydrogen-bond donors (Lipinski definition) is 5. The van der Waals surface area contributed by atoms with E-state index in [1.165, 1.54) is 109 Å². The van der Waals surface area contributed by atoms with Gasteiger partial charge in [-0.05, 0) is 37.1 Å². The highest BCUT2D eigenvalue weighted by Crippen LogP contribution is 2.25. The van der Waals surface area contributed by atoms with Crippen LogP contribution >= 0.6 is 0 Å². The maximum absolute atomic E-state index is 13.6. The first-order valence-corrected chi connectivity index (χ1v) is 24.4. The summed E-state index contributed by atoms with van der Waals surface area (Å²) in [5.74, 6) is -1.69. The highest BCUT2D eigenvalue weighted by atomic mass is 16.7. The molecule has 0 unspecified atom stereocenters. The summed E-state index contributed by atoms with van der Waals surface area (Å²) in [6, 6.07) is 15.6. The van der Waals surface area contributed by atoms with E-state index >= 15 is 0 Å². The minimum Gasteiger partial charge on any atom is -0.455 e. The van der Waals surface area contributed by atoms with Crippen LogP contribution in [0.5, 0.6) is 0 Å². The molecule has 8 atom stereocenters. The van der Waals surface area contributed by atoms with Gasteiger partial charge in [-0.1, -0.05) is 185 Å². The summed E-state index contributed by atoms with van der Waals surface area (Å²) in [6.45, 7) is 3.09. The van der Waals surface area contributed by atoms with Crippen LogP contribution in [-0.2, 0) is 23.7 Å². The summed E-state index contributed by atoms with van der Waals surface area (Å²) in [5, 5.41) is 44.2. The lowest BCUT2D eigenvalue weighted by Gasteiger charge is -2.40. The minimum absolute atomic E-state index is 0.192. The molecule has 0 saturated carbocycles. The lowest BCUT2D eigenvalue weighted by molar-refractivity contribution is -0.303. The smallest absolute Gasteiger partial charge is 0.338 e. The van der Waals surface area contributed by atoms with E-state index in [0.29, 0.717) is 18.4 Å². The van der Waals surface area contributed by atoms with Crippen LogP contribution in [0.15, 0.2) is 60.7 Å². The monoisotopic (exact) mass is 884 g/mol. The highest BCUT2D eigenvalue weighted by molar-refractivity contribution is 5.90. The molecule has 1 aliphatic rings. The lowest BCUT2D eigenvalue weighted by Crippen LogP contribution is -2.60. The number of amides is 1. The van der Waals surface area contributed by atoms with E-state index in [1.807, 2.05) is 6.92 Å². The van der Waals surface area contributed by atoms with Gasteiger partial charge in [0.2, 0.25) is 5.91 Å². The van der Waals surface area contributed by atoms with E-state index in [0.717, 1.165) is 19.3 Å². The van der Waals surface area contributed by atoms with E-state index in [4.69, 9.17) is 18.9 Å². The number of carbonyl (C=O) groups excluding carboxylic acids is 3. The Labute approximate surface area is 377 Å². The zero-order valence-corrected chi connectivity index (χ0v) is 38.4. The number of unbranched alkanes of at least 4 members (excludes halogenated alkanes) is 20. The Kier molecular flexibility index (Phi) is 28.4. The fraction of sp³-hybridized carbons (Fsp3) is 0.706. The van der Waals surface area contributed by atoms with Crippen LogP contribution in [0.1, 0.15) is 189 Å². The van der Waals surface area contributed by atoms with Crippen LogP contribution in [0.4, 0.5) is 0 Å². The first-order valence-electron chi connectivity index (χ1n) is 24.4.